The van der Waals surface area contributed by atoms with Crippen LogP contribution in [0.25, 0.3) is 0 Å². The van der Waals surface area contributed by atoms with Crippen molar-refractivity contribution in [3.05, 3.63) is 22.7 Å². The standard InChI is InChI=1S/C12H17BrOS/c1-4-5-9(2)15-10-6-7-12(14-3)11(13)8-10/h6-9H,4-5H2,1-3H3. The molecule has 1 rings (SSSR count). The van der Waals surface area contributed by atoms with Crippen LogP contribution in [0.4, 0.5) is 0 Å². The second kappa shape index (κ2) is 6.44. The van der Waals surface area contributed by atoms with Gasteiger partial charge in [0, 0.05) is 10.1 Å². The Morgan fingerprint density at radius 3 is 2.73 bits per heavy atom. The molecule has 0 aliphatic rings. The molecule has 0 spiro atoms. The third-order valence-electron chi connectivity index (χ3n) is 2.16. The van der Waals surface area contributed by atoms with Gasteiger partial charge in [0.25, 0.3) is 0 Å². The summed E-state index contributed by atoms with van der Waals surface area (Å²) in [4.78, 5) is 1.30. The number of hydrogen-bond donors (Lipinski definition) is 0. The van der Waals surface area contributed by atoms with Crippen molar-refractivity contribution >= 4 is 27.7 Å². The Morgan fingerprint density at radius 1 is 1.47 bits per heavy atom. The number of rotatable bonds is 5. The number of hydrogen-bond acceptors (Lipinski definition) is 2. The Morgan fingerprint density at radius 2 is 2.20 bits per heavy atom. The van der Waals surface area contributed by atoms with Crippen LogP contribution in [0.1, 0.15) is 26.7 Å². The molecule has 0 aliphatic carbocycles. The van der Waals surface area contributed by atoms with Crippen molar-refractivity contribution in [2.45, 2.75) is 36.8 Å². The summed E-state index contributed by atoms with van der Waals surface area (Å²) in [6.07, 6.45) is 2.50. The van der Waals surface area contributed by atoms with Crippen LogP contribution in [0.15, 0.2) is 27.6 Å². The second-order valence-corrected chi connectivity index (χ2v) is 5.88. The van der Waals surface area contributed by atoms with Gasteiger partial charge in [-0.3, -0.25) is 0 Å². The van der Waals surface area contributed by atoms with Gasteiger partial charge in [0.05, 0.1) is 11.6 Å². The molecule has 0 bridgehead atoms. The van der Waals surface area contributed by atoms with Crippen molar-refractivity contribution in [2.75, 3.05) is 7.11 Å². The molecule has 0 heterocycles. The molecular formula is C12H17BrOS. The number of thioether (sulfide) groups is 1. The zero-order valence-corrected chi connectivity index (χ0v) is 11.8. The Bertz CT molecular complexity index is 314. The third-order valence-corrected chi connectivity index (χ3v) is 3.94. The maximum atomic E-state index is 5.20. The van der Waals surface area contributed by atoms with Gasteiger partial charge in [-0.15, -0.1) is 11.8 Å². The SMILES string of the molecule is CCCC(C)Sc1ccc(OC)c(Br)c1. The molecule has 0 aromatic heterocycles. The van der Waals surface area contributed by atoms with Gasteiger partial charge < -0.3 is 4.74 Å². The highest BCUT2D eigenvalue weighted by molar-refractivity contribution is 9.10. The van der Waals surface area contributed by atoms with Crippen molar-refractivity contribution in [2.24, 2.45) is 0 Å². The van der Waals surface area contributed by atoms with E-state index in [-0.39, 0.29) is 0 Å². The summed E-state index contributed by atoms with van der Waals surface area (Å²) in [6, 6.07) is 6.24. The summed E-state index contributed by atoms with van der Waals surface area (Å²) in [5, 5.41) is 0.676. The van der Waals surface area contributed by atoms with Gasteiger partial charge in [-0.05, 0) is 40.5 Å². The molecular weight excluding hydrogens is 272 g/mol. The summed E-state index contributed by atoms with van der Waals surface area (Å²) >= 11 is 5.41. The highest BCUT2D eigenvalue weighted by atomic mass is 79.9. The first-order chi connectivity index (χ1) is 7.17. The molecule has 0 saturated carbocycles. The maximum Gasteiger partial charge on any atom is 0.133 e. The largest absolute Gasteiger partial charge is 0.496 e. The van der Waals surface area contributed by atoms with Crippen LogP contribution >= 0.6 is 27.7 Å². The lowest BCUT2D eigenvalue weighted by Crippen LogP contribution is -1.94. The Labute approximate surface area is 105 Å². The minimum absolute atomic E-state index is 0.676. The van der Waals surface area contributed by atoms with Gasteiger partial charge in [0.15, 0.2) is 0 Å². The molecule has 1 aromatic rings. The number of methoxy groups -OCH3 is 1. The van der Waals surface area contributed by atoms with E-state index in [1.165, 1.54) is 17.7 Å². The fourth-order valence-electron chi connectivity index (χ4n) is 1.42. The Balaban J connectivity index is 2.66. The first kappa shape index (κ1) is 12.9. The Hall–Kier alpha value is -0.150. The van der Waals surface area contributed by atoms with Crippen LogP contribution in [0.3, 0.4) is 0 Å². The predicted octanol–water partition coefficient (Wildman–Crippen LogP) is 4.74. The number of halogens is 1. The minimum Gasteiger partial charge on any atom is -0.496 e. The smallest absolute Gasteiger partial charge is 0.133 e. The topological polar surface area (TPSA) is 9.23 Å². The molecule has 0 saturated heterocycles. The average Bonchev–Trinajstić information content (AvgIpc) is 2.18. The maximum absolute atomic E-state index is 5.20. The zero-order chi connectivity index (χ0) is 11.3. The van der Waals surface area contributed by atoms with E-state index in [2.05, 4.69) is 41.9 Å². The lowest BCUT2D eigenvalue weighted by atomic mass is 10.3. The molecule has 0 radical (unpaired) electrons. The van der Waals surface area contributed by atoms with Crippen molar-refractivity contribution in [3.8, 4) is 5.75 Å². The van der Waals surface area contributed by atoms with E-state index in [0.717, 1.165) is 10.2 Å². The predicted molar refractivity (Wildman–Crippen MR) is 70.9 cm³/mol. The van der Waals surface area contributed by atoms with Gasteiger partial charge >= 0.3 is 0 Å². The van der Waals surface area contributed by atoms with Crippen molar-refractivity contribution < 1.29 is 4.74 Å². The van der Waals surface area contributed by atoms with Crippen LogP contribution in [0.5, 0.6) is 5.75 Å². The van der Waals surface area contributed by atoms with E-state index < -0.39 is 0 Å². The second-order valence-electron chi connectivity index (χ2n) is 3.51. The highest BCUT2D eigenvalue weighted by Gasteiger charge is 2.06. The Kier molecular flexibility index (Phi) is 5.54. The van der Waals surface area contributed by atoms with Crippen LogP contribution in [-0.2, 0) is 0 Å². The van der Waals surface area contributed by atoms with Crippen LogP contribution in [0, 0.1) is 0 Å². The van der Waals surface area contributed by atoms with E-state index in [1.54, 1.807) is 7.11 Å². The van der Waals surface area contributed by atoms with Crippen LogP contribution < -0.4 is 4.74 Å². The van der Waals surface area contributed by atoms with Crippen LogP contribution in [0.2, 0.25) is 0 Å². The van der Waals surface area contributed by atoms with E-state index in [9.17, 15) is 0 Å². The molecule has 1 aromatic carbocycles. The monoisotopic (exact) mass is 288 g/mol. The summed E-state index contributed by atoms with van der Waals surface area (Å²) in [5.74, 6) is 0.891. The summed E-state index contributed by atoms with van der Waals surface area (Å²) in [6.45, 7) is 4.49. The van der Waals surface area contributed by atoms with Crippen molar-refractivity contribution in [1.29, 1.82) is 0 Å². The first-order valence-electron chi connectivity index (χ1n) is 5.17. The minimum atomic E-state index is 0.676. The van der Waals surface area contributed by atoms with E-state index in [0.29, 0.717) is 5.25 Å². The van der Waals surface area contributed by atoms with E-state index in [1.807, 2.05) is 17.8 Å². The van der Waals surface area contributed by atoms with Gasteiger partial charge in [-0.1, -0.05) is 20.3 Å². The summed E-state index contributed by atoms with van der Waals surface area (Å²) < 4.78 is 6.22. The molecule has 1 unspecified atom stereocenters. The quantitative estimate of drug-likeness (QED) is 0.724. The number of ether oxygens (including phenoxy) is 1. The summed E-state index contributed by atoms with van der Waals surface area (Å²) in [7, 11) is 1.69. The zero-order valence-electron chi connectivity index (χ0n) is 9.42. The van der Waals surface area contributed by atoms with Gasteiger partial charge in [0.2, 0.25) is 0 Å². The fraction of sp³-hybridized carbons (Fsp3) is 0.500. The van der Waals surface area contributed by atoms with E-state index >= 15 is 0 Å². The lowest BCUT2D eigenvalue weighted by Gasteiger charge is -2.11. The molecule has 1 atom stereocenters. The summed E-state index contributed by atoms with van der Waals surface area (Å²) in [5.41, 5.74) is 0. The molecule has 1 nitrogen and oxygen atoms in total. The molecule has 3 heteroatoms. The highest BCUT2D eigenvalue weighted by Crippen LogP contribution is 2.32. The van der Waals surface area contributed by atoms with E-state index in [4.69, 9.17) is 4.74 Å². The molecule has 15 heavy (non-hydrogen) atoms. The molecule has 84 valence electrons. The normalized spacial score (nSPS) is 12.5. The molecule has 0 N–H and O–H groups in total. The van der Waals surface area contributed by atoms with Gasteiger partial charge in [-0.2, -0.15) is 0 Å². The van der Waals surface area contributed by atoms with Gasteiger partial charge in [0.1, 0.15) is 5.75 Å². The molecule has 0 amide bonds. The van der Waals surface area contributed by atoms with Crippen molar-refractivity contribution in [1.82, 2.24) is 0 Å². The fourth-order valence-corrected chi connectivity index (χ4v) is 3.26. The lowest BCUT2D eigenvalue weighted by molar-refractivity contribution is 0.412. The van der Waals surface area contributed by atoms with Gasteiger partial charge in [-0.25, -0.2) is 0 Å². The van der Waals surface area contributed by atoms with Crippen LogP contribution in [-0.4, -0.2) is 12.4 Å². The molecule has 0 fully saturated rings. The van der Waals surface area contributed by atoms with Crippen molar-refractivity contribution in [3.63, 3.8) is 0 Å². The third kappa shape index (κ3) is 4.07. The molecule has 0 aliphatic heterocycles. The number of benzene rings is 1. The first-order valence-corrected chi connectivity index (χ1v) is 6.84. The average molecular weight is 289 g/mol.